The lowest BCUT2D eigenvalue weighted by Crippen LogP contribution is -2.38. The molecule has 106 valence electrons. The van der Waals surface area contributed by atoms with Gasteiger partial charge in [-0.3, -0.25) is 0 Å². The van der Waals surface area contributed by atoms with E-state index in [0.717, 1.165) is 32.0 Å². The Morgan fingerprint density at radius 3 is 2.79 bits per heavy atom. The van der Waals surface area contributed by atoms with Gasteiger partial charge in [-0.2, -0.15) is 0 Å². The molecule has 0 radical (unpaired) electrons. The summed E-state index contributed by atoms with van der Waals surface area (Å²) in [4.78, 5) is 8.09. The van der Waals surface area contributed by atoms with Crippen molar-refractivity contribution in [1.82, 2.24) is 9.88 Å². The molecule has 0 spiro atoms. The van der Waals surface area contributed by atoms with Crippen molar-refractivity contribution in [3.63, 3.8) is 0 Å². The molecule has 1 N–H and O–H groups in total. The van der Waals surface area contributed by atoms with Crippen LogP contribution in [0.2, 0.25) is 0 Å². The van der Waals surface area contributed by atoms with Gasteiger partial charge in [0.05, 0.1) is 0 Å². The molecule has 0 aliphatic carbocycles. The van der Waals surface area contributed by atoms with Crippen molar-refractivity contribution in [2.75, 3.05) is 44.4 Å². The van der Waals surface area contributed by atoms with E-state index in [1.165, 1.54) is 0 Å². The lowest BCUT2D eigenvalue weighted by atomic mass is 10.2. The van der Waals surface area contributed by atoms with Crippen molar-refractivity contribution in [2.24, 2.45) is 0 Å². The van der Waals surface area contributed by atoms with Gasteiger partial charge in [-0.1, -0.05) is 0 Å². The minimum absolute atomic E-state index is 0.0897. The standard InChI is InChI=1S/C13H20F2N4/c1-16-12-10(14)7-11(15)13(17-12)19-6-4-5-9(19)8-18(2)3/h7,9H,4-6,8H2,1-3H3,(H,16,17). The van der Waals surface area contributed by atoms with Gasteiger partial charge in [0.1, 0.15) is 0 Å². The molecule has 1 aromatic heterocycles. The molecule has 1 unspecified atom stereocenters. The van der Waals surface area contributed by atoms with Crippen LogP contribution in [-0.2, 0) is 0 Å². The van der Waals surface area contributed by atoms with Crippen molar-refractivity contribution in [3.05, 3.63) is 17.7 Å². The number of hydrogen-bond donors (Lipinski definition) is 1. The SMILES string of the molecule is CNc1nc(N2CCCC2CN(C)C)c(F)cc1F. The van der Waals surface area contributed by atoms with Crippen LogP contribution in [0, 0.1) is 11.6 Å². The third-order valence-electron chi connectivity index (χ3n) is 3.37. The van der Waals surface area contributed by atoms with Crippen molar-refractivity contribution >= 4 is 11.6 Å². The maximum Gasteiger partial charge on any atom is 0.168 e. The van der Waals surface area contributed by atoms with Crippen LogP contribution in [-0.4, -0.2) is 50.2 Å². The van der Waals surface area contributed by atoms with Crippen LogP contribution in [0.5, 0.6) is 0 Å². The van der Waals surface area contributed by atoms with E-state index < -0.39 is 11.6 Å². The molecule has 1 fully saturated rings. The van der Waals surface area contributed by atoms with Crippen LogP contribution in [0.1, 0.15) is 12.8 Å². The van der Waals surface area contributed by atoms with Gasteiger partial charge in [0.25, 0.3) is 0 Å². The van der Waals surface area contributed by atoms with E-state index in [1.54, 1.807) is 7.05 Å². The van der Waals surface area contributed by atoms with Crippen molar-refractivity contribution in [3.8, 4) is 0 Å². The number of halogens is 2. The monoisotopic (exact) mass is 270 g/mol. The minimum atomic E-state index is -0.660. The summed E-state index contributed by atoms with van der Waals surface area (Å²) in [5.74, 6) is -0.920. The molecule has 4 nitrogen and oxygen atoms in total. The summed E-state index contributed by atoms with van der Waals surface area (Å²) in [6.45, 7) is 1.60. The topological polar surface area (TPSA) is 31.4 Å². The van der Waals surface area contributed by atoms with Crippen LogP contribution in [0.25, 0.3) is 0 Å². The molecule has 0 aromatic carbocycles. The van der Waals surface area contributed by atoms with Gasteiger partial charge in [-0.15, -0.1) is 0 Å². The fourth-order valence-corrected chi connectivity index (χ4v) is 2.56. The molecule has 0 amide bonds. The highest BCUT2D eigenvalue weighted by Gasteiger charge is 2.29. The summed E-state index contributed by atoms with van der Waals surface area (Å²) in [5.41, 5.74) is 0. The largest absolute Gasteiger partial charge is 0.371 e. The highest BCUT2D eigenvalue weighted by atomic mass is 19.1. The summed E-state index contributed by atoms with van der Waals surface area (Å²) in [7, 11) is 5.56. The first-order valence-corrected chi connectivity index (χ1v) is 6.48. The van der Waals surface area contributed by atoms with Gasteiger partial charge in [0, 0.05) is 32.2 Å². The average molecular weight is 270 g/mol. The smallest absolute Gasteiger partial charge is 0.168 e. The number of pyridine rings is 1. The van der Waals surface area contributed by atoms with Crippen molar-refractivity contribution in [2.45, 2.75) is 18.9 Å². The number of anilines is 2. The number of aromatic nitrogens is 1. The Kier molecular flexibility index (Phi) is 4.19. The van der Waals surface area contributed by atoms with E-state index >= 15 is 0 Å². The average Bonchev–Trinajstić information content (AvgIpc) is 2.76. The maximum absolute atomic E-state index is 13.9. The fraction of sp³-hybridized carbons (Fsp3) is 0.615. The van der Waals surface area contributed by atoms with E-state index in [1.807, 2.05) is 19.0 Å². The highest BCUT2D eigenvalue weighted by molar-refractivity contribution is 5.50. The summed E-state index contributed by atoms with van der Waals surface area (Å²) in [6, 6.07) is 1.13. The first-order valence-electron chi connectivity index (χ1n) is 6.48. The van der Waals surface area contributed by atoms with E-state index in [2.05, 4.69) is 15.2 Å². The predicted octanol–water partition coefficient (Wildman–Crippen LogP) is 1.93. The van der Waals surface area contributed by atoms with Gasteiger partial charge in [-0.05, 0) is 26.9 Å². The Balaban J connectivity index is 2.29. The molecule has 1 saturated heterocycles. The molecule has 19 heavy (non-hydrogen) atoms. The van der Waals surface area contributed by atoms with Gasteiger partial charge >= 0.3 is 0 Å². The lowest BCUT2D eigenvalue weighted by molar-refractivity contribution is 0.370. The summed E-state index contributed by atoms with van der Waals surface area (Å²) in [6.07, 6.45) is 2.01. The van der Waals surface area contributed by atoms with Crippen LogP contribution in [0.3, 0.4) is 0 Å². The van der Waals surface area contributed by atoms with Gasteiger partial charge in [-0.25, -0.2) is 13.8 Å². The first-order chi connectivity index (χ1) is 9.02. The number of rotatable bonds is 4. The number of nitrogens with one attached hydrogen (secondary N) is 1. The van der Waals surface area contributed by atoms with Gasteiger partial charge in [0.15, 0.2) is 23.3 Å². The third kappa shape index (κ3) is 2.94. The maximum atomic E-state index is 13.9. The normalized spacial score (nSPS) is 19.3. The Morgan fingerprint density at radius 1 is 1.42 bits per heavy atom. The molecular weight excluding hydrogens is 250 g/mol. The second-order valence-corrected chi connectivity index (χ2v) is 5.13. The Morgan fingerprint density at radius 2 is 2.16 bits per heavy atom. The molecule has 0 bridgehead atoms. The molecule has 2 rings (SSSR count). The van der Waals surface area contributed by atoms with Crippen LogP contribution >= 0.6 is 0 Å². The fourth-order valence-electron chi connectivity index (χ4n) is 2.56. The Bertz CT molecular complexity index is 451. The second-order valence-electron chi connectivity index (χ2n) is 5.13. The molecule has 1 aliphatic rings. The van der Waals surface area contributed by atoms with Crippen molar-refractivity contribution in [1.29, 1.82) is 0 Å². The quantitative estimate of drug-likeness (QED) is 0.906. The molecular formula is C13H20F2N4. The number of likely N-dealkylation sites (N-methyl/N-ethyl adjacent to an activating group) is 1. The molecule has 1 atom stereocenters. The minimum Gasteiger partial charge on any atom is -0.371 e. The Hall–Kier alpha value is -1.43. The summed E-state index contributed by atoms with van der Waals surface area (Å²) < 4.78 is 27.4. The molecule has 6 heteroatoms. The summed E-state index contributed by atoms with van der Waals surface area (Å²) >= 11 is 0. The van der Waals surface area contributed by atoms with Crippen molar-refractivity contribution < 1.29 is 8.78 Å². The van der Waals surface area contributed by atoms with Crippen LogP contribution in [0.15, 0.2) is 6.07 Å². The van der Waals surface area contributed by atoms with E-state index in [4.69, 9.17) is 0 Å². The highest BCUT2D eigenvalue weighted by Crippen LogP contribution is 2.28. The lowest BCUT2D eigenvalue weighted by Gasteiger charge is -2.28. The van der Waals surface area contributed by atoms with Crippen LogP contribution in [0.4, 0.5) is 20.4 Å². The Labute approximate surface area is 112 Å². The number of nitrogens with zero attached hydrogens (tertiary/aromatic N) is 3. The zero-order valence-corrected chi connectivity index (χ0v) is 11.6. The molecule has 1 aromatic rings. The molecule has 0 saturated carbocycles. The third-order valence-corrected chi connectivity index (χ3v) is 3.37. The van der Waals surface area contributed by atoms with Gasteiger partial charge < -0.3 is 15.1 Å². The second kappa shape index (κ2) is 5.69. The van der Waals surface area contributed by atoms with Crippen LogP contribution < -0.4 is 10.2 Å². The van der Waals surface area contributed by atoms with E-state index in [0.29, 0.717) is 0 Å². The van der Waals surface area contributed by atoms with E-state index in [-0.39, 0.29) is 17.7 Å². The number of hydrogen-bond acceptors (Lipinski definition) is 4. The summed E-state index contributed by atoms with van der Waals surface area (Å²) in [5, 5.41) is 2.65. The predicted molar refractivity (Wildman–Crippen MR) is 72.6 cm³/mol. The molecule has 1 aliphatic heterocycles. The first kappa shape index (κ1) is 14.0. The van der Waals surface area contributed by atoms with E-state index in [9.17, 15) is 8.78 Å². The van der Waals surface area contributed by atoms with Gasteiger partial charge in [0.2, 0.25) is 0 Å². The zero-order valence-electron chi connectivity index (χ0n) is 11.6. The zero-order chi connectivity index (χ0) is 14.0. The molecule has 2 heterocycles.